The highest BCUT2D eigenvalue weighted by Gasteiger charge is 2.09. The lowest BCUT2D eigenvalue weighted by Crippen LogP contribution is -2.08. The zero-order chi connectivity index (χ0) is 13.1. The molecule has 0 heterocycles. The molecular formula is C14H13F2NO. The number of phenols is 1. The fourth-order valence-electron chi connectivity index (χ4n) is 1.69. The van der Waals surface area contributed by atoms with E-state index in [4.69, 9.17) is 0 Å². The zero-order valence-corrected chi connectivity index (χ0v) is 9.82. The van der Waals surface area contributed by atoms with Crippen molar-refractivity contribution in [2.24, 2.45) is 0 Å². The van der Waals surface area contributed by atoms with Crippen LogP contribution in [0.15, 0.2) is 42.5 Å². The van der Waals surface area contributed by atoms with Gasteiger partial charge in [-0.2, -0.15) is 0 Å². The monoisotopic (exact) mass is 249 g/mol. The smallest absolute Gasteiger partial charge is 0.146 e. The second-order valence-electron chi connectivity index (χ2n) is 4.08. The van der Waals surface area contributed by atoms with E-state index in [1.807, 2.05) is 6.92 Å². The maximum Gasteiger partial charge on any atom is 0.146 e. The predicted molar refractivity (Wildman–Crippen MR) is 66.5 cm³/mol. The number of phenolic OH excluding ortho intramolecular Hbond substituents is 1. The number of hydrogen-bond donors (Lipinski definition) is 2. The summed E-state index contributed by atoms with van der Waals surface area (Å²) in [5.74, 6) is -0.818. The van der Waals surface area contributed by atoms with E-state index in [2.05, 4.69) is 5.32 Å². The van der Waals surface area contributed by atoms with Gasteiger partial charge < -0.3 is 10.4 Å². The Morgan fingerprint density at radius 2 is 1.72 bits per heavy atom. The maximum absolute atomic E-state index is 13.4. The molecule has 1 unspecified atom stereocenters. The van der Waals surface area contributed by atoms with Crippen molar-refractivity contribution in [1.82, 2.24) is 0 Å². The highest BCUT2D eigenvalue weighted by molar-refractivity contribution is 5.47. The highest BCUT2D eigenvalue weighted by Crippen LogP contribution is 2.23. The summed E-state index contributed by atoms with van der Waals surface area (Å²) in [5.41, 5.74) is 0.993. The molecule has 0 amide bonds. The number of benzene rings is 2. The third kappa shape index (κ3) is 2.77. The summed E-state index contributed by atoms with van der Waals surface area (Å²) >= 11 is 0. The molecule has 18 heavy (non-hydrogen) atoms. The van der Waals surface area contributed by atoms with E-state index in [1.54, 1.807) is 24.3 Å². The van der Waals surface area contributed by atoms with Crippen molar-refractivity contribution in [3.05, 3.63) is 59.7 Å². The molecule has 0 aliphatic carbocycles. The number of aromatic hydroxyl groups is 1. The molecule has 0 spiro atoms. The summed E-state index contributed by atoms with van der Waals surface area (Å²) in [6.45, 7) is 1.83. The quantitative estimate of drug-likeness (QED) is 0.866. The first-order valence-corrected chi connectivity index (χ1v) is 5.57. The topological polar surface area (TPSA) is 32.3 Å². The predicted octanol–water partition coefficient (Wildman–Crippen LogP) is 3.84. The van der Waals surface area contributed by atoms with E-state index in [0.717, 1.165) is 23.8 Å². The molecule has 1 atom stereocenters. The standard InChI is InChI=1S/C14H13F2NO/c1-9(10-2-5-12(18)6-3-10)17-14-8-11(15)4-7-13(14)16/h2-9,17-18H,1H3. The van der Waals surface area contributed by atoms with Gasteiger partial charge in [-0.05, 0) is 42.8 Å². The lowest BCUT2D eigenvalue weighted by Gasteiger charge is -2.16. The number of halogens is 2. The van der Waals surface area contributed by atoms with Crippen LogP contribution >= 0.6 is 0 Å². The van der Waals surface area contributed by atoms with Crippen LogP contribution in [-0.2, 0) is 0 Å². The first-order valence-electron chi connectivity index (χ1n) is 5.57. The number of anilines is 1. The summed E-state index contributed by atoms with van der Waals surface area (Å²) in [6.07, 6.45) is 0. The van der Waals surface area contributed by atoms with Crippen LogP contribution in [0.5, 0.6) is 5.75 Å². The minimum atomic E-state index is -0.498. The molecule has 0 aromatic heterocycles. The normalized spacial score (nSPS) is 12.2. The van der Waals surface area contributed by atoms with Crippen LogP contribution in [0.4, 0.5) is 14.5 Å². The summed E-state index contributed by atoms with van der Waals surface area (Å²) in [6, 6.07) is 9.64. The largest absolute Gasteiger partial charge is 0.508 e. The van der Waals surface area contributed by atoms with Gasteiger partial charge in [-0.3, -0.25) is 0 Å². The van der Waals surface area contributed by atoms with Crippen molar-refractivity contribution in [3.8, 4) is 5.75 Å². The third-order valence-corrected chi connectivity index (χ3v) is 2.69. The maximum atomic E-state index is 13.4. The minimum absolute atomic E-state index is 0.121. The van der Waals surface area contributed by atoms with E-state index < -0.39 is 11.6 Å². The molecule has 2 N–H and O–H groups in total. The molecule has 0 saturated heterocycles. The average molecular weight is 249 g/mol. The lowest BCUT2D eigenvalue weighted by atomic mass is 10.1. The first-order chi connectivity index (χ1) is 8.56. The van der Waals surface area contributed by atoms with E-state index >= 15 is 0 Å². The summed E-state index contributed by atoms with van der Waals surface area (Å²) in [4.78, 5) is 0. The fraction of sp³-hybridized carbons (Fsp3) is 0.143. The van der Waals surface area contributed by atoms with Crippen LogP contribution in [0.3, 0.4) is 0 Å². The highest BCUT2D eigenvalue weighted by atomic mass is 19.1. The van der Waals surface area contributed by atoms with Crippen LogP contribution in [0, 0.1) is 11.6 Å². The molecule has 0 aliphatic heterocycles. The van der Waals surface area contributed by atoms with Crippen molar-refractivity contribution in [3.63, 3.8) is 0 Å². The number of rotatable bonds is 3. The first kappa shape index (κ1) is 12.4. The van der Waals surface area contributed by atoms with Crippen LogP contribution in [0.25, 0.3) is 0 Å². The molecule has 0 fully saturated rings. The zero-order valence-electron chi connectivity index (χ0n) is 9.82. The average Bonchev–Trinajstić information content (AvgIpc) is 2.34. The molecule has 94 valence electrons. The molecule has 0 aliphatic rings. The van der Waals surface area contributed by atoms with Crippen molar-refractivity contribution >= 4 is 5.69 Å². The van der Waals surface area contributed by atoms with Gasteiger partial charge in [-0.15, -0.1) is 0 Å². The Morgan fingerprint density at radius 3 is 2.39 bits per heavy atom. The molecule has 4 heteroatoms. The van der Waals surface area contributed by atoms with Gasteiger partial charge in [0.05, 0.1) is 5.69 Å². The molecule has 2 nitrogen and oxygen atoms in total. The number of nitrogens with one attached hydrogen (secondary N) is 1. The van der Waals surface area contributed by atoms with E-state index in [-0.39, 0.29) is 17.5 Å². The van der Waals surface area contributed by atoms with E-state index in [9.17, 15) is 13.9 Å². The molecule has 2 aromatic rings. The molecule has 0 saturated carbocycles. The lowest BCUT2D eigenvalue weighted by molar-refractivity contribution is 0.475. The van der Waals surface area contributed by atoms with Crippen molar-refractivity contribution in [2.75, 3.05) is 5.32 Å². The van der Waals surface area contributed by atoms with Gasteiger partial charge in [0, 0.05) is 6.04 Å². The SMILES string of the molecule is CC(Nc1cc(F)ccc1F)c1ccc(O)cc1. The third-order valence-electron chi connectivity index (χ3n) is 2.69. The molecule has 2 aromatic carbocycles. The molecule has 2 rings (SSSR count). The van der Waals surface area contributed by atoms with Gasteiger partial charge in [0.15, 0.2) is 0 Å². The Kier molecular flexibility index (Phi) is 3.46. The fourth-order valence-corrected chi connectivity index (χ4v) is 1.69. The second-order valence-corrected chi connectivity index (χ2v) is 4.08. The van der Waals surface area contributed by atoms with Gasteiger partial charge in [-0.1, -0.05) is 12.1 Å². The Labute approximate surface area is 104 Å². The summed E-state index contributed by atoms with van der Waals surface area (Å²) < 4.78 is 26.5. The minimum Gasteiger partial charge on any atom is -0.508 e. The van der Waals surface area contributed by atoms with Crippen LogP contribution in [0.1, 0.15) is 18.5 Å². The Hall–Kier alpha value is -2.10. The second kappa shape index (κ2) is 5.04. The van der Waals surface area contributed by atoms with Gasteiger partial charge >= 0.3 is 0 Å². The van der Waals surface area contributed by atoms with Gasteiger partial charge in [-0.25, -0.2) is 8.78 Å². The molecule has 0 bridgehead atoms. The molecular weight excluding hydrogens is 236 g/mol. The van der Waals surface area contributed by atoms with Gasteiger partial charge in [0.2, 0.25) is 0 Å². The Balaban J connectivity index is 2.18. The molecule has 0 radical (unpaired) electrons. The van der Waals surface area contributed by atoms with Crippen LogP contribution in [-0.4, -0.2) is 5.11 Å². The number of hydrogen-bond acceptors (Lipinski definition) is 2. The summed E-state index contributed by atoms with van der Waals surface area (Å²) in [7, 11) is 0. The van der Waals surface area contributed by atoms with Crippen molar-refractivity contribution in [1.29, 1.82) is 0 Å². The van der Waals surface area contributed by atoms with Crippen LogP contribution < -0.4 is 5.32 Å². The van der Waals surface area contributed by atoms with Crippen molar-refractivity contribution in [2.45, 2.75) is 13.0 Å². The summed E-state index contributed by atoms with van der Waals surface area (Å²) in [5, 5.41) is 12.1. The van der Waals surface area contributed by atoms with E-state index in [1.165, 1.54) is 0 Å². The Morgan fingerprint density at radius 1 is 1.06 bits per heavy atom. The van der Waals surface area contributed by atoms with Crippen molar-refractivity contribution < 1.29 is 13.9 Å². The van der Waals surface area contributed by atoms with Gasteiger partial charge in [0.1, 0.15) is 17.4 Å². The van der Waals surface area contributed by atoms with Crippen LogP contribution in [0.2, 0.25) is 0 Å². The van der Waals surface area contributed by atoms with E-state index in [0.29, 0.717) is 0 Å². The van der Waals surface area contributed by atoms with Gasteiger partial charge in [0.25, 0.3) is 0 Å². The Bertz CT molecular complexity index is 540.